The van der Waals surface area contributed by atoms with Crippen LogP contribution >= 0.6 is 0 Å². The largest absolute Gasteiger partial charge is 0.379 e. The van der Waals surface area contributed by atoms with Crippen LogP contribution < -0.4 is 5.32 Å². The van der Waals surface area contributed by atoms with Crippen molar-refractivity contribution in [3.8, 4) is 0 Å². The molecule has 1 aliphatic heterocycles. The van der Waals surface area contributed by atoms with Crippen LogP contribution in [0.2, 0.25) is 0 Å². The molecule has 27 heavy (non-hydrogen) atoms. The molecule has 2 aromatic rings. The second-order valence-electron chi connectivity index (χ2n) is 6.83. The Hall–Kier alpha value is -2.83. The SMILES string of the molecule is Cc1ccc(C(=O)NC2(N3CCOCC3)C(=O)c3ccccc3C2=O)cc1. The van der Waals surface area contributed by atoms with E-state index in [0.29, 0.717) is 43.0 Å². The number of hydrogen-bond donors (Lipinski definition) is 1. The summed E-state index contributed by atoms with van der Waals surface area (Å²) < 4.78 is 5.38. The van der Waals surface area contributed by atoms with Gasteiger partial charge in [0, 0.05) is 29.8 Å². The molecule has 1 heterocycles. The Morgan fingerprint density at radius 3 is 2.07 bits per heavy atom. The fourth-order valence-electron chi connectivity index (χ4n) is 3.69. The maximum atomic E-state index is 13.3. The number of morpholine rings is 1. The zero-order valence-electron chi connectivity index (χ0n) is 15.0. The summed E-state index contributed by atoms with van der Waals surface area (Å²) in [6.45, 7) is 3.51. The normalized spacial score (nSPS) is 19.0. The highest BCUT2D eigenvalue weighted by atomic mass is 16.5. The molecule has 0 aromatic heterocycles. The van der Waals surface area contributed by atoms with Crippen LogP contribution in [-0.4, -0.2) is 54.3 Å². The van der Waals surface area contributed by atoms with Gasteiger partial charge in [-0.15, -0.1) is 0 Å². The lowest BCUT2D eigenvalue weighted by Gasteiger charge is -2.40. The molecule has 6 heteroatoms. The van der Waals surface area contributed by atoms with Crippen LogP contribution in [0.3, 0.4) is 0 Å². The quantitative estimate of drug-likeness (QED) is 0.841. The van der Waals surface area contributed by atoms with E-state index in [9.17, 15) is 14.4 Å². The number of rotatable bonds is 3. The highest BCUT2D eigenvalue weighted by Crippen LogP contribution is 2.33. The second kappa shape index (κ2) is 6.72. The molecule has 0 spiro atoms. The number of benzene rings is 2. The van der Waals surface area contributed by atoms with E-state index < -0.39 is 11.6 Å². The van der Waals surface area contributed by atoms with Gasteiger partial charge in [-0.3, -0.25) is 19.3 Å². The molecule has 2 aromatic carbocycles. The maximum absolute atomic E-state index is 13.3. The van der Waals surface area contributed by atoms with Crippen LogP contribution in [0.1, 0.15) is 36.6 Å². The molecule has 138 valence electrons. The number of ketones is 2. The first kappa shape index (κ1) is 17.6. The van der Waals surface area contributed by atoms with E-state index in [-0.39, 0.29) is 11.6 Å². The molecule has 1 amide bonds. The van der Waals surface area contributed by atoms with Crippen molar-refractivity contribution in [2.75, 3.05) is 26.3 Å². The van der Waals surface area contributed by atoms with Gasteiger partial charge in [0.2, 0.25) is 17.2 Å². The number of aryl methyl sites for hydroxylation is 1. The van der Waals surface area contributed by atoms with Crippen LogP contribution in [0.15, 0.2) is 48.5 Å². The molecule has 0 bridgehead atoms. The predicted octanol–water partition coefficient (Wildman–Crippen LogP) is 1.83. The Labute approximate surface area is 157 Å². The molecule has 6 nitrogen and oxygen atoms in total. The lowest BCUT2D eigenvalue weighted by molar-refractivity contribution is -0.0151. The third-order valence-electron chi connectivity index (χ3n) is 5.17. The minimum atomic E-state index is -1.71. The summed E-state index contributed by atoms with van der Waals surface area (Å²) in [5.74, 6) is -1.22. The van der Waals surface area contributed by atoms with Crippen LogP contribution in [0.25, 0.3) is 0 Å². The van der Waals surface area contributed by atoms with Gasteiger partial charge in [-0.05, 0) is 19.1 Å². The van der Waals surface area contributed by atoms with E-state index >= 15 is 0 Å². The lowest BCUT2D eigenvalue weighted by atomic mass is 9.99. The molecule has 2 aliphatic rings. The fourth-order valence-corrected chi connectivity index (χ4v) is 3.69. The van der Waals surface area contributed by atoms with Gasteiger partial charge in [0.25, 0.3) is 5.91 Å². The van der Waals surface area contributed by atoms with Crippen LogP contribution in [0, 0.1) is 6.92 Å². The van der Waals surface area contributed by atoms with Crippen LogP contribution in [0.4, 0.5) is 0 Å². The van der Waals surface area contributed by atoms with Crippen LogP contribution in [-0.2, 0) is 4.74 Å². The summed E-state index contributed by atoms with van der Waals surface area (Å²) >= 11 is 0. The van der Waals surface area contributed by atoms with Crippen molar-refractivity contribution in [1.29, 1.82) is 0 Å². The van der Waals surface area contributed by atoms with Gasteiger partial charge in [0.1, 0.15) is 0 Å². The van der Waals surface area contributed by atoms with Gasteiger partial charge in [-0.2, -0.15) is 0 Å². The summed E-state index contributed by atoms with van der Waals surface area (Å²) in [5, 5.41) is 2.78. The van der Waals surface area contributed by atoms with Gasteiger partial charge < -0.3 is 10.1 Å². The number of nitrogens with zero attached hydrogens (tertiary/aromatic N) is 1. The van der Waals surface area contributed by atoms with Crippen molar-refractivity contribution < 1.29 is 19.1 Å². The number of amides is 1. The average Bonchev–Trinajstić information content (AvgIpc) is 2.92. The number of ether oxygens (including phenoxy) is 1. The molecular formula is C21H20N2O4. The van der Waals surface area contributed by atoms with Gasteiger partial charge in [0.15, 0.2) is 0 Å². The molecule has 0 atom stereocenters. The summed E-state index contributed by atoms with van der Waals surface area (Å²) in [7, 11) is 0. The van der Waals surface area contributed by atoms with Crippen molar-refractivity contribution in [2.45, 2.75) is 12.6 Å². The van der Waals surface area contributed by atoms with Gasteiger partial charge in [-0.25, -0.2) is 0 Å². The Kier molecular flexibility index (Phi) is 4.37. The molecule has 4 rings (SSSR count). The Morgan fingerprint density at radius 1 is 0.963 bits per heavy atom. The smallest absolute Gasteiger partial charge is 0.253 e. The van der Waals surface area contributed by atoms with Crippen molar-refractivity contribution >= 4 is 17.5 Å². The Bertz CT molecular complexity index is 879. The number of carbonyl (C=O) groups is 3. The monoisotopic (exact) mass is 364 g/mol. The van der Waals surface area contributed by atoms with Crippen molar-refractivity contribution in [3.05, 3.63) is 70.8 Å². The van der Waals surface area contributed by atoms with Crippen molar-refractivity contribution in [1.82, 2.24) is 10.2 Å². The minimum Gasteiger partial charge on any atom is -0.379 e. The van der Waals surface area contributed by atoms with Crippen LogP contribution in [0.5, 0.6) is 0 Å². The lowest BCUT2D eigenvalue weighted by Crippen LogP contribution is -2.69. The first-order valence-electron chi connectivity index (χ1n) is 8.94. The summed E-state index contributed by atoms with van der Waals surface area (Å²) in [6, 6.07) is 13.7. The third-order valence-corrected chi connectivity index (χ3v) is 5.17. The number of carbonyl (C=O) groups excluding carboxylic acids is 3. The highest BCUT2D eigenvalue weighted by molar-refractivity contribution is 6.33. The first-order valence-corrected chi connectivity index (χ1v) is 8.94. The highest BCUT2D eigenvalue weighted by Gasteiger charge is 2.58. The number of Topliss-reactive ketones (excluding diaryl/α,β-unsaturated/α-hetero) is 2. The predicted molar refractivity (Wildman–Crippen MR) is 98.9 cm³/mol. The summed E-state index contributed by atoms with van der Waals surface area (Å²) in [5.41, 5.74) is 0.408. The third kappa shape index (κ3) is 2.78. The van der Waals surface area contributed by atoms with E-state index in [4.69, 9.17) is 4.74 Å². The molecule has 0 radical (unpaired) electrons. The first-order chi connectivity index (χ1) is 13.0. The molecule has 0 saturated carbocycles. The standard InChI is InChI=1S/C21H20N2O4/c1-14-6-8-15(9-7-14)20(26)22-21(23-10-12-27-13-11-23)18(24)16-4-2-3-5-17(16)19(21)25/h2-9H,10-13H2,1H3,(H,22,26). The second-order valence-corrected chi connectivity index (χ2v) is 6.83. The molecule has 1 aliphatic carbocycles. The topological polar surface area (TPSA) is 75.7 Å². The van der Waals surface area contributed by atoms with Crippen molar-refractivity contribution in [2.24, 2.45) is 0 Å². The zero-order valence-corrected chi connectivity index (χ0v) is 15.0. The molecule has 1 fully saturated rings. The molecule has 0 unspecified atom stereocenters. The van der Waals surface area contributed by atoms with Crippen molar-refractivity contribution in [3.63, 3.8) is 0 Å². The maximum Gasteiger partial charge on any atom is 0.253 e. The molecule has 1 N–H and O–H groups in total. The van der Waals surface area contributed by atoms with E-state index in [1.165, 1.54) is 0 Å². The molecule has 1 saturated heterocycles. The number of hydrogen-bond acceptors (Lipinski definition) is 5. The van der Waals surface area contributed by atoms with Gasteiger partial charge >= 0.3 is 0 Å². The van der Waals surface area contributed by atoms with E-state index in [2.05, 4.69) is 5.32 Å². The summed E-state index contributed by atoms with van der Waals surface area (Å²) in [4.78, 5) is 41.3. The average molecular weight is 364 g/mol. The minimum absolute atomic E-state index is 0.346. The van der Waals surface area contributed by atoms with E-state index in [1.807, 2.05) is 19.1 Å². The summed E-state index contributed by atoms with van der Waals surface area (Å²) in [6.07, 6.45) is 0. The Balaban J connectivity index is 1.76. The molecular weight excluding hydrogens is 344 g/mol. The van der Waals surface area contributed by atoms with Gasteiger partial charge in [-0.1, -0.05) is 42.0 Å². The zero-order chi connectivity index (χ0) is 19.0. The fraction of sp³-hybridized carbons (Fsp3) is 0.286. The number of fused-ring (bicyclic) bond motifs is 1. The Morgan fingerprint density at radius 2 is 1.52 bits per heavy atom. The van der Waals surface area contributed by atoms with E-state index in [1.54, 1.807) is 41.3 Å². The van der Waals surface area contributed by atoms with E-state index in [0.717, 1.165) is 5.56 Å². The van der Waals surface area contributed by atoms with Gasteiger partial charge in [0.05, 0.1) is 13.2 Å². The number of nitrogens with one attached hydrogen (secondary N) is 1.